The van der Waals surface area contributed by atoms with Gasteiger partial charge in [0.25, 0.3) is 11.1 Å². The average molecular weight is 457 g/mol. The molecule has 3 rings (SSSR count). The molecular weight excluding hydrogens is 432 g/mol. The highest BCUT2D eigenvalue weighted by molar-refractivity contribution is 8.18. The van der Waals surface area contributed by atoms with Crippen LogP contribution in [0.25, 0.3) is 6.08 Å². The van der Waals surface area contributed by atoms with Crippen molar-refractivity contribution in [3.05, 3.63) is 59.0 Å². The smallest absolute Gasteiger partial charge is 0.294 e. The number of nitrogens with zero attached hydrogens (tertiary/aromatic N) is 1. The summed E-state index contributed by atoms with van der Waals surface area (Å²) in [4.78, 5) is 39.6. The molecule has 0 bridgehead atoms. The number of amides is 3. The van der Waals surface area contributed by atoms with Gasteiger partial charge in [-0.25, -0.2) is 0 Å². The topological polar surface area (TPSA) is 75.7 Å². The Hall–Kier alpha value is -2.71. The van der Waals surface area contributed by atoms with E-state index in [1.165, 1.54) is 0 Å². The van der Waals surface area contributed by atoms with Gasteiger partial charge in [-0.15, -0.1) is 11.8 Å². The van der Waals surface area contributed by atoms with Gasteiger partial charge in [0.15, 0.2) is 0 Å². The molecule has 1 N–H and O–H groups in total. The zero-order valence-electron chi connectivity index (χ0n) is 17.4. The number of carbonyl (C=O) groups is 3. The van der Waals surface area contributed by atoms with Crippen LogP contribution in [0.1, 0.15) is 25.3 Å². The minimum atomic E-state index is -0.466. The third-order valence-corrected chi connectivity index (χ3v) is 6.11. The highest BCUT2D eigenvalue weighted by Gasteiger charge is 2.36. The molecule has 1 fully saturated rings. The molecule has 1 aliphatic heterocycles. The fraction of sp³-hybridized carbons (Fsp3) is 0.261. The van der Waals surface area contributed by atoms with Gasteiger partial charge in [0.2, 0.25) is 5.91 Å². The Morgan fingerprint density at radius 1 is 1.19 bits per heavy atom. The van der Waals surface area contributed by atoms with Crippen molar-refractivity contribution >= 4 is 52.3 Å². The molecule has 8 heteroatoms. The molecule has 2 aromatic carbocycles. The highest BCUT2D eigenvalue weighted by atomic mass is 32.2. The molecule has 0 atom stereocenters. The van der Waals surface area contributed by atoms with E-state index in [1.54, 1.807) is 23.9 Å². The van der Waals surface area contributed by atoms with Gasteiger partial charge < -0.3 is 10.1 Å². The number of hydrogen-bond acceptors (Lipinski definition) is 6. The molecule has 3 amide bonds. The van der Waals surface area contributed by atoms with E-state index in [0.29, 0.717) is 17.2 Å². The van der Waals surface area contributed by atoms with E-state index in [1.807, 2.05) is 48.7 Å². The van der Waals surface area contributed by atoms with E-state index in [9.17, 15) is 14.4 Å². The van der Waals surface area contributed by atoms with Gasteiger partial charge in [-0.3, -0.25) is 19.3 Å². The van der Waals surface area contributed by atoms with Crippen LogP contribution in [0.15, 0.2) is 58.3 Å². The lowest BCUT2D eigenvalue weighted by Gasteiger charge is -2.12. The summed E-state index contributed by atoms with van der Waals surface area (Å²) < 4.78 is 5.63. The SMILES string of the molecule is CCCCOc1ccc(/C=C2\SC(=O)N(CC(=O)Nc3cccc(SC)c3)C2=O)cc1. The molecule has 0 spiro atoms. The second-order valence-electron chi connectivity index (χ2n) is 6.82. The summed E-state index contributed by atoms with van der Waals surface area (Å²) in [6.45, 7) is 2.44. The van der Waals surface area contributed by atoms with Crippen molar-refractivity contribution in [2.75, 3.05) is 24.7 Å². The van der Waals surface area contributed by atoms with Gasteiger partial charge in [-0.05, 0) is 66.4 Å². The third kappa shape index (κ3) is 6.38. The van der Waals surface area contributed by atoms with Crippen LogP contribution in [-0.2, 0) is 9.59 Å². The molecule has 0 aromatic heterocycles. The Labute approximate surface area is 190 Å². The lowest BCUT2D eigenvalue weighted by Crippen LogP contribution is -2.36. The fourth-order valence-corrected chi connectivity index (χ4v) is 4.13. The summed E-state index contributed by atoms with van der Waals surface area (Å²) in [7, 11) is 0. The van der Waals surface area contributed by atoms with Crippen LogP contribution in [-0.4, -0.2) is 41.4 Å². The average Bonchev–Trinajstić information content (AvgIpc) is 3.02. The lowest BCUT2D eigenvalue weighted by molar-refractivity contribution is -0.127. The van der Waals surface area contributed by atoms with Crippen molar-refractivity contribution in [1.29, 1.82) is 0 Å². The van der Waals surface area contributed by atoms with Crippen molar-refractivity contribution in [2.45, 2.75) is 24.7 Å². The first-order chi connectivity index (χ1) is 15.0. The molecule has 1 saturated heterocycles. The zero-order valence-corrected chi connectivity index (χ0v) is 19.1. The minimum absolute atomic E-state index is 0.293. The number of rotatable bonds is 9. The summed E-state index contributed by atoms with van der Waals surface area (Å²) in [6, 6.07) is 14.7. The molecule has 2 aromatic rings. The first-order valence-corrected chi connectivity index (χ1v) is 12.0. The van der Waals surface area contributed by atoms with Crippen LogP contribution in [0.2, 0.25) is 0 Å². The standard InChI is InChI=1S/C23H24N2O4S2/c1-3-4-12-29-18-10-8-16(9-11-18)13-20-22(27)25(23(28)31-20)15-21(26)24-17-6-5-7-19(14-17)30-2/h5-11,13-14H,3-4,12,15H2,1-2H3,(H,24,26)/b20-13-. The maximum absolute atomic E-state index is 12.7. The van der Waals surface area contributed by atoms with E-state index in [2.05, 4.69) is 12.2 Å². The van der Waals surface area contributed by atoms with Crippen LogP contribution in [0.4, 0.5) is 10.5 Å². The van der Waals surface area contributed by atoms with Crippen LogP contribution in [0.3, 0.4) is 0 Å². The van der Waals surface area contributed by atoms with Gasteiger partial charge in [0.1, 0.15) is 12.3 Å². The number of ether oxygens (including phenoxy) is 1. The number of nitrogens with one attached hydrogen (secondary N) is 1. The molecule has 31 heavy (non-hydrogen) atoms. The summed E-state index contributed by atoms with van der Waals surface area (Å²) in [5, 5.41) is 2.28. The molecule has 0 unspecified atom stereocenters. The van der Waals surface area contributed by atoms with E-state index < -0.39 is 17.1 Å². The number of anilines is 1. The maximum atomic E-state index is 12.7. The monoisotopic (exact) mass is 456 g/mol. The molecule has 0 radical (unpaired) electrons. The first-order valence-electron chi connectivity index (χ1n) is 9.92. The summed E-state index contributed by atoms with van der Waals surface area (Å²) in [5.74, 6) is -0.123. The molecule has 0 saturated carbocycles. The van der Waals surface area contributed by atoms with Gasteiger partial charge in [-0.1, -0.05) is 31.5 Å². The normalized spacial score (nSPS) is 14.9. The zero-order chi connectivity index (χ0) is 22.2. The summed E-state index contributed by atoms with van der Waals surface area (Å²) >= 11 is 2.40. The van der Waals surface area contributed by atoms with Crippen molar-refractivity contribution < 1.29 is 19.1 Å². The van der Waals surface area contributed by atoms with Gasteiger partial charge >= 0.3 is 0 Å². The van der Waals surface area contributed by atoms with E-state index >= 15 is 0 Å². The number of benzene rings is 2. The van der Waals surface area contributed by atoms with E-state index in [-0.39, 0.29) is 6.54 Å². The lowest BCUT2D eigenvalue weighted by atomic mass is 10.2. The Kier molecular flexibility index (Phi) is 8.20. The van der Waals surface area contributed by atoms with Crippen molar-refractivity contribution in [3.63, 3.8) is 0 Å². The highest BCUT2D eigenvalue weighted by Crippen LogP contribution is 2.32. The molecule has 162 valence electrons. The summed E-state index contributed by atoms with van der Waals surface area (Å²) in [5.41, 5.74) is 1.41. The third-order valence-electron chi connectivity index (χ3n) is 4.47. The number of hydrogen-bond donors (Lipinski definition) is 1. The van der Waals surface area contributed by atoms with Crippen LogP contribution < -0.4 is 10.1 Å². The molecule has 1 heterocycles. The van der Waals surface area contributed by atoms with Gasteiger partial charge in [0, 0.05) is 10.6 Å². The predicted molar refractivity (Wildman–Crippen MR) is 126 cm³/mol. The quantitative estimate of drug-likeness (QED) is 0.315. The molecule has 0 aliphatic carbocycles. The molecule has 6 nitrogen and oxygen atoms in total. The van der Waals surface area contributed by atoms with Crippen molar-refractivity contribution in [2.24, 2.45) is 0 Å². The number of unbranched alkanes of at least 4 members (excludes halogenated alkanes) is 1. The molecule has 1 aliphatic rings. The second kappa shape index (κ2) is 11.1. The van der Waals surface area contributed by atoms with Crippen LogP contribution in [0, 0.1) is 0 Å². The summed E-state index contributed by atoms with van der Waals surface area (Å²) in [6.07, 6.45) is 5.66. The number of carbonyl (C=O) groups excluding carboxylic acids is 3. The predicted octanol–water partition coefficient (Wildman–Crippen LogP) is 5.26. The first kappa shape index (κ1) is 23.0. The number of thioether (sulfide) groups is 2. The Morgan fingerprint density at radius 3 is 2.68 bits per heavy atom. The molecular formula is C23H24N2O4S2. The van der Waals surface area contributed by atoms with Crippen molar-refractivity contribution in [3.8, 4) is 5.75 Å². The van der Waals surface area contributed by atoms with Gasteiger partial charge in [0.05, 0.1) is 11.5 Å². The van der Waals surface area contributed by atoms with E-state index in [0.717, 1.165) is 45.7 Å². The fourth-order valence-electron chi connectivity index (χ4n) is 2.83. The van der Waals surface area contributed by atoms with Crippen LogP contribution in [0.5, 0.6) is 5.75 Å². The Morgan fingerprint density at radius 2 is 1.97 bits per heavy atom. The van der Waals surface area contributed by atoms with Crippen molar-refractivity contribution in [1.82, 2.24) is 4.90 Å². The van der Waals surface area contributed by atoms with E-state index in [4.69, 9.17) is 4.74 Å². The Balaban J connectivity index is 1.61. The second-order valence-corrected chi connectivity index (χ2v) is 8.69. The van der Waals surface area contributed by atoms with Crippen LogP contribution >= 0.6 is 23.5 Å². The number of imide groups is 1. The Bertz CT molecular complexity index is 989. The minimum Gasteiger partial charge on any atom is -0.494 e. The van der Waals surface area contributed by atoms with Gasteiger partial charge in [-0.2, -0.15) is 0 Å². The largest absolute Gasteiger partial charge is 0.494 e. The maximum Gasteiger partial charge on any atom is 0.294 e.